The lowest BCUT2D eigenvalue weighted by molar-refractivity contribution is 1.04. The Morgan fingerprint density at radius 2 is 2.40 bits per heavy atom. The van der Waals surface area contributed by atoms with E-state index >= 15 is 0 Å². The molecule has 0 spiro atoms. The van der Waals surface area contributed by atoms with Crippen LogP contribution in [0.15, 0.2) is 31.1 Å². The highest BCUT2D eigenvalue weighted by atomic mass is 15.0. The van der Waals surface area contributed by atoms with Gasteiger partial charge in [0, 0.05) is 5.70 Å². The number of hydrogen-bond donors (Lipinski definition) is 0. The predicted molar refractivity (Wildman–Crippen MR) is 60.1 cm³/mol. The molecule has 1 heterocycles. The summed E-state index contributed by atoms with van der Waals surface area (Å²) in [7, 11) is 0. The SMILES string of the molecule is C=C(CC)n1cnc2ccc(C#N)cc21. The van der Waals surface area contributed by atoms with Gasteiger partial charge in [-0.1, -0.05) is 13.5 Å². The molecule has 2 rings (SSSR count). The molecule has 0 aliphatic rings. The number of imidazole rings is 1. The van der Waals surface area contributed by atoms with Gasteiger partial charge in [-0.3, -0.25) is 0 Å². The number of allylic oxidation sites excluding steroid dienone is 1. The maximum absolute atomic E-state index is 8.82. The van der Waals surface area contributed by atoms with E-state index in [-0.39, 0.29) is 0 Å². The van der Waals surface area contributed by atoms with Gasteiger partial charge in [0.25, 0.3) is 0 Å². The van der Waals surface area contributed by atoms with E-state index in [1.807, 2.05) is 23.6 Å². The van der Waals surface area contributed by atoms with Crippen LogP contribution in [0.3, 0.4) is 0 Å². The van der Waals surface area contributed by atoms with Crippen LogP contribution in [0.4, 0.5) is 0 Å². The molecule has 0 aliphatic heterocycles. The van der Waals surface area contributed by atoms with Crippen molar-refractivity contribution < 1.29 is 0 Å². The van der Waals surface area contributed by atoms with E-state index in [1.54, 1.807) is 12.4 Å². The van der Waals surface area contributed by atoms with Gasteiger partial charge in [-0.15, -0.1) is 0 Å². The Kier molecular flexibility index (Phi) is 2.26. The number of fused-ring (bicyclic) bond motifs is 1. The molecule has 3 nitrogen and oxygen atoms in total. The minimum atomic E-state index is 0.646. The molecular weight excluding hydrogens is 186 g/mol. The van der Waals surface area contributed by atoms with Crippen molar-refractivity contribution in [3.63, 3.8) is 0 Å². The van der Waals surface area contributed by atoms with Gasteiger partial charge in [-0.25, -0.2) is 4.98 Å². The Hall–Kier alpha value is -2.08. The zero-order valence-electron chi connectivity index (χ0n) is 8.57. The van der Waals surface area contributed by atoms with Crippen molar-refractivity contribution in [1.29, 1.82) is 5.26 Å². The third kappa shape index (κ3) is 1.50. The van der Waals surface area contributed by atoms with Crippen molar-refractivity contribution in [2.24, 2.45) is 0 Å². The van der Waals surface area contributed by atoms with Gasteiger partial charge in [0.15, 0.2) is 0 Å². The van der Waals surface area contributed by atoms with Crippen molar-refractivity contribution >= 4 is 16.7 Å². The number of rotatable bonds is 2. The Morgan fingerprint density at radius 3 is 3.07 bits per heavy atom. The first-order valence-corrected chi connectivity index (χ1v) is 4.81. The third-order valence-corrected chi connectivity index (χ3v) is 2.43. The van der Waals surface area contributed by atoms with Gasteiger partial charge in [-0.2, -0.15) is 5.26 Å². The number of nitrogens with zero attached hydrogens (tertiary/aromatic N) is 3. The van der Waals surface area contributed by atoms with Crippen molar-refractivity contribution in [3.8, 4) is 6.07 Å². The van der Waals surface area contributed by atoms with Gasteiger partial charge in [0.2, 0.25) is 0 Å². The van der Waals surface area contributed by atoms with E-state index in [4.69, 9.17) is 5.26 Å². The lowest BCUT2D eigenvalue weighted by Crippen LogP contribution is -1.92. The van der Waals surface area contributed by atoms with Gasteiger partial charge in [-0.05, 0) is 24.6 Å². The molecule has 1 aromatic carbocycles. The standard InChI is InChI=1S/C12H11N3/c1-3-9(2)15-8-14-11-5-4-10(7-13)6-12(11)15/h4-6,8H,2-3H2,1H3. The first-order chi connectivity index (χ1) is 7.26. The Bertz CT molecular complexity index is 558. The van der Waals surface area contributed by atoms with E-state index < -0.39 is 0 Å². The predicted octanol–water partition coefficient (Wildman–Crippen LogP) is 2.79. The fourth-order valence-corrected chi connectivity index (χ4v) is 1.50. The summed E-state index contributed by atoms with van der Waals surface area (Å²) in [5, 5.41) is 8.82. The maximum Gasteiger partial charge on any atom is 0.100 e. The highest BCUT2D eigenvalue weighted by Gasteiger charge is 2.04. The molecule has 0 saturated heterocycles. The van der Waals surface area contributed by atoms with Crippen molar-refractivity contribution in [2.75, 3.05) is 0 Å². The van der Waals surface area contributed by atoms with Crippen LogP contribution in [-0.4, -0.2) is 9.55 Å². The largest absolute Gasteiger partial charge is 0.303 e. The number of aromatic nitrogens is 2. The summed E-state index contributed by atoms with van der Waals surface area (Å²) in [6.45, 7) is 6.01. The number of benzene rings is 1. The summed E-state index contributed by atoms with van der Waals surface area (Å²) in [5.41, 5.74) is 3.46. The minimum Gasteiger partial charge on any atom is -0.303 e. The van der Waals surface area contributed by atoms with Crippen molar-refractivity contribution in [3.05, 3.63) is 36.7 Å². The monoisotopic (exact) mass is 197 g/mol. The molecule has 0 radical (unpaired) electrons. The second kappa shape index (κ2) is 3.58. The van der Waals surface area contributed by atoms with E-state index in [9.17, 15) is 0 Å². The van der Waals surface area contributed by atoms with Crippen LogP contribution < -0.4 is 0 Å². The Morgan fingerprint density at radius 1 is 1.60 bits per heavy atom. The number of hydrogen-bond acceptors (Lipinski definition) is 2. The summed E-state index contributed by atoms with van der Waals surface area (Å²) < 4.78 is 1.93. The second-order valence-electron chi connectivity index (χ2n) is 3.35. The molecule has 0 unspecified atom stereocenters. The smallest absolute Gasteiger partial charge is 0.100 e. The molecule has 3 heteroatoms. The van der Waals surface area contributed by atoms with Gasteiger partial charge in [0.1, 0.15) is 6.33 Å². The first kappa shape index (κ1) is 9.47. The summed E-state index contributed by atoms with van der Waals surface area (Å²) >= 11 is 0. The highest BCUT2D eigenvalue weighted by molar-refractivity contribution is 5.80. The quantitative estimate of drug-likeness (QED) is 0.742. The Balaban J connectivity index is 2.67. The molecule has 0 amide bonds. The average Bonchev–Trinajstić information content (AvgIpc) is 2.70. The van der Waals surface area contributed by atoms with Crippen molar-refractivity contribution in [2.45, 2.75) is 13.3 Å². The van der Waals surface area contributed by atoms with Crippen LogP contribution in [0.5, 0.6) is 0 Å². The lowest BCUT2D eigenvalue weighted by Gasteiger charge is -2.04. The van der Waals surface area contributed by atoms with Crippen LogP contribution in [-0.2, 0) is 0 Å². The molecular formula is C12H11N3. The fourth-order valence-electron chi connectivity index (χ4n) is 1.50. The highest BCUT2D eigenvalue weighted by Crippen LogP contribution is 2.19. The molecule has 0 aliphatic carbocycles. The second-order valence-corrected chi connectivity index (χ2v) is 3.35. The van der Waals surface area contributed by atoms with Gasteiger partial charge in [0.05, 0.1) is 22.7 Å². The average molecular weight is 197 g/mol. The van der Waals surface area contributed by atoms with Crippen molar-refractivity contribution in [1.82, 2.24) is 9.55 Å². The number of nitriles is 1. The maximum atomic E-state index is 8.82. The van der Waals surface area contributed by atoms with E-state index in [0.717, 1.165) is 23.2 Å². The first-order valence-electron chi connectivity index (χ1n) is 4.81. The molecule has 1 aromatic heterocycles. The fraction of sp³-hybridized carbons (Fsp3) is 0.167. The van der Waals surface area contributed by atoms with Gasteiger partial charge < -0.3 is 4.57 Å². The van der Waals surface area contributed by atoms with Crippen LogP contribution in [0.25, 0.3) is 16.7 Å². The minimum absolute atomic E-state index is 0.646. The summed E-state index contributed by atoms with van der Waals surface area (Å²) in [5.74, 6) is 0. The third-order valence-electron chi connectivity index (χ3n) is 2.43. The van der Waals surface area contributed by atoms with Crippen LogP contribution in [0, 0.1) is 11.3 Å². The van der Waals surface area contributed by atoms with Crippen LogP contribution >= 0.6 is 0 Å². The van der Waals surface area contributed by atoms with Crippen LogP contribution in [0.1, 0.15) is 18.9 Å². The molecule has 0 saturated carbocycles. The molecule has 0 N–H and O–H groups in total. The molecule has 0 bridgehead atoms. The topological polar surface area (TPSA) is 41.6 Å². The summed E-state index contributed by atoms with van der Waals surface area (Å²) in [6, 6.07) is 7.59. The lowest BCUT2D eigenvalue weighted by atomic mass is 10.2. The van der Waals surface area contributed by atoms with Gasteiger partial charge >= 0.3 is 0 Å². The molecule has 2 aromatic rings. The Labute approximate surface area is 88.3 Å². The molecule has 0 atom stereocenters. The molecule has 15 heavy (non-hydrogen) atoms. The zero-order chi connectivity index (χ0) is 10.8. The summed E-state index contributed by atoms with van der Waals surface area (Å²) in [4.78, 5) is 4.26. The van der Waals surface area contributed by atoms with Crippen LogP contribution in [0.2, 0.25) is 0 Å². The molecule has 74 valence electrons. The van der Waals surface area contributed by atoms with E-state index in [0.29, 0.717) is 5.56 Å². The molecule has 0 fully saturated rings. The zero-order valence-corrected chi connectivity index (χ0v) is 8.57. The normalized spacial score (nSPS) is 10.1. The van der Waals surface area contributed by atoms with E-state index in [1.165, 1.54) is 0 Å². The van der Waals surface area contributed by atoms with E-state index in [2.05, 4.69) is 17.6 Å². The summed E-state index contributed by atoms with van der Waals surface area (Å²) in [6.07, 6.45) is 2.61.